The predicted molar refractivity (Wildman–Crippen MR) is 119 cm³/mol. The largest absolute Gasteiger partial charge is 0.466 e. The lowest BCUT2D eigenvalue weighted by Crippen LogP contribution is -2.48. The van der Waals surface area contributed by atoms with E-state index in [4.69, 9.17) is 20.2 Å². The van der Waals surface area contributed by atoms with Crippen molar-refractivity contribution in [3.63, 3.8) is 0 Å². The molecule has 0 radical (unpaired) electrons. The minimum atomic E-state index is -2.27. The second kappa shape index (κ2) is 7.41. The highest BCUT2D eigenvalue weighted by Crippen LogP contribution is 2.37. The third-order valence-corrected chi connectivity index (χ3v) is 9.83. The molecule has 2 N–H and O–H groups in total. The van der Waals surface area contributed by atoms with Crippen LogP contribution in [0.2, 0.25) is 18.1 Å². The number of hydrogen-bond acceptors (Lipinski definition) is 7. The maximum absolute atomic E-state index is 12.9. The number of nitrogens with zero attached hydrogens (tertiary/aromatic N) is 7. The second-order valence-electron chi connectivity index (χ2n) is 8.78. The topological polar surface area (TPSA) is 110 Å². The van der Waals surface area contributed by atoms with Gasteiger partial charge in [-0.25, -0.2) is 19.3 Å². The van der Waals surface area contributed by atoms with Crippen LogP contribution in [0.3, 0.4) is 0 Å². The fourth-order valence-corrected chi connectivity index (χ4v) is 3.68. The summed E-state index contributed by atoms with van der Waals surface area (Å²) in [5.41, 5.74) is 8.96. The van der Waals surface area contributed by atoms with Crippen molar-refractivity contribution < 1.29 is 8.92 Å². The Hall–Kier alpha value is -3.34. The Morgan fingerprint density at radius 2 is 1.90 bits per heavy atom. The minimum Gasteiger partial charge on any atom is -0.466 e. The van der Waals surface area contributed by atoms with Crippen LogP contribution in [0.15, 0.2) is 36.7 Å². The second-order valence-corrected chi connectivity index (χ2v) is 13.5. The maximum atomic E-state index is 12.9. The molecule has 0 bridgehead atoms. The zero-order chi connectivity index (χ0) is 22.4. The molecule has 0 aliphatic carbocycles. The van der Waals surface area contributed by atoms with E-state index in [2.05, 4.69) is 49.0 Å². The van der Waals surface area contributed by atoms with Gasteiger partial charge in [-0.05, 0) is 42.4 Å². The summed E-state index contributed by atoms with van der Waals surface area (Å²) in [4.78, 5) is 14.6. The molecule has 0 aromatic carbocycles. The van der Waals surface area contributed by atoms with E-state index < -0.39 is 15.1 Å². The average molecular weight is 441 g/mol. The smallest absolute Gasteiger partial charge is 0.284 e. The Morgan fingerprint density at radius 1 is 1.13 bits per heavy atom. The molecule has 0 saturated carbocycles. The van der Waals surface area contributed by atoms with Crippen molar-refractivity contribution in [3.05, 3.63) is 36.7 Å². The van der Waals surface area contributed by atoms with Crippen LogP contribution in [-0.4, -0.2) is 43.0 Å². The quantitative estimate of drug-likeness (QED) is 0.471. The Bertz CT molecular complexity index is 1240. The Morgan fingerprint density at radius 3 is 2.55 bits per heavy atom. The number of rotatable bonds is 5. The summed E-state index contributed by atoms with van der Waals surface area (Å²) in [7, 11) is -2.27. The van der Waals surface area contributed by atoms with Crippen LogP contribution >= 0.6 is 0 Å². The van der Waals surface area contributed by atoms with Gasteiger partial charge in [0.2, 0.25) is 6.80 Å². The van der Waals surface area contributed by atoms with E-state index in [1.165, 1.54) is 6.20 Å². The molecule has 4 rings (SSSR count). The summed E-state index contributed by atoms with van der Waals surface area (Å²) in [5.74, 6) is 0.881. The maximum Gasteiger partial charge on any atom is 0.284 e. The molecule has 0 aliphatic heterocycles. The van der Waals surface area contributed by atoms with Gasteiger partial charge in [-0.15, -0.1) is 5.10 Å². The fourth-order valence-electron chi connectivity index (χ4n) is 2.78. The van der Waals surface area contributed by atoms with E-state index in [1.54, 1.807) is 23.1 Å². The summed E-state index contributed by atoms with van der Waals surface area (Å²) < 4.78 is 21.1. The number of imidazole rings is 1. The van der Waals surface area contributed by atoms with Gasteiger partial charge in [-0.3, -0.25) is 0 Å². The molecule has 162 valence electrons. The van der Waals surface area contributed by atoms with E-state index in [0.717, 1.165) is 4.80 Å². The van der Waals surface area contributed by atoms with Crippen LogP contribution in [0.1, 0.15) is 20.8 Å². The zero-order valence-electron chi connectivity index (χ0n) is 18.2. The lowest BCUT2D eigenvalue weighted by molar-refractivity contribution is 0.264. The van der Waals surface area contributed by atoms with E-state index in [9.17, 15) is 4.39 Å². The number of hydrogen-bond donors (Lipinski definition) is 1. The Labute approximate surface area is 180 Å². The number of fused-ring (bicyclic) bond motifs is 1. The van der Waals surface area contributed by atoms with Crippen LogP contribution in [-0.2, 0) is 6.80 Å². The number of aromatic nitrogens is 7. The Balaban J connectivity index is 1.93. The summed E-state index contributed by atoms with van der Waals surface area (Å²) in [6.45, 7) is 9.95. The number of alkyl halides is 1. The number of halogens is 1. The van der Waals surface area contributed by atoms with Crippen molar-refractivity contribution in [1.29, 1.82) is 0 Å². The Kier molecular flexibility index (Phi) is 5.00. The number of pyridine rings is 2. The van der Waals surface area contributed by atoms with E-state index >= 15 is 0 Å². The van der Waals surface area contributed by atoms with Gasteiger partial charge in [-0.2, -0.15) is 14.6 Å². The predicted octanol–water partition coefficient (Wildman–Crippen LogP) is 3.69. The molecule has 31 heavy (non-hydrogen) atoms. The highest BCUT2D eigenvalue weighted by molar-refractivity contribution is 6.74. The van der Waals surface area contributed by atoms with Crippen molar-refractivity contribution in [2.45, 2.75) is 45.7 Å². The summed E-state index contributed by atoms with van der Waals surface area (Å²) in [5, 5.41) is 7.94. The van der Waals surface area contributed by atoms with Crippen LogP contribution in [0, 0.1) is 0 Å². The molecule has 0 atom stereocenters. The van der Waals surface area contributed by atoms with Gasteiger partial charge in [0.15, 0.2) is 11.5 Å². The van der Waals surface area contributed by atoms with E-state index in [1.807, 2.05) is 12.1 Å². The summed E-state index contributed by atoms with van der Waals surface area (Å²) in [6, 6.07) is 7.25. The molecule has 0 spiro atoms. The first kappa shape index (κ1) is 20.9. The number of nitrogens with two attached hydrogens (primary N) is 1. The molecular formula is C20H25FN8OSi. The standard InChI is InChI=1S/C20H25FN8OSi/c1-20(2,3)31(4,5)30-29-18(13-7-6-10-23-17(13)22)26-15-9-8-14(25-19(15)29)16-11-24-28(12-21)27-16/h6-11H,12H2,1-5H3,(H2,22,23). The number of nitrogen functional groups attached to an aromatic ring is 1. The fraction of sp³-hybridized carbons (Fsp3) is 0.350. The average Bonchev–Trinajstić information content (AvgIpc) is 3.32. The van der Waals surface area contributed by atoms with Crippen LogP contribution in [0.25, 0.3) is 33.9 Å². The molecule has 0 amide bonds. The van der Waals surface area contributed by atoms with Crippen LogP contribution in [0.5, 0.6) is 0 Å². The van der Waals surface area contributed by atoms with Gasteiger partial charge in [0.25, 0.3) is 8.32 Å². The molecule has 4 aromatic rings. The minimum absolute atomic E-state index is 0.0528. The lowest BCUT2D eigenvalue weighted by atomic mass is 10.2. The van der Waals surface area contributed by atoms with Gasteiger partial charge in [0.1, 0.15) is 17.0 Å². The molecule has 0 unspecified atom stereocenters. The van der Waals surface area contributed by atoms with Crippen molar-refractivity contribution in [2.24, 2.45) is 0 Å². The van der Waals surface area contributed by atoms with Gasteiger partial charge in [0, 0.05) is 6.20 Å². The van der Waals surface area contributed by atoms with Gasteiger partial charge >= 0.3 is 0 Å². The first-order chi connectivity index (χ1) is 14.6. The molecule has 9 nitrogen and oxygen atoms in total. The first-order valence-corrected chi connectivity index (χ1v) is 12.8. The third-order valence-electron chi connectivity index (χ3n) is 5.58. The molecule has 0 aliphatic rings. The van der Waals surface area contributed by atoms with Gasteiger partial charge in [0.05, 0.1) is 17.5 Å². The zero-order valence-corrected chi connectivity index (χ0v) is 19.2. The van der Waals surface area contributed by atoms with E-state index in [-0.39, 0.29) is 5.04 Å². The van der Waals surface area contributed by atoms with Gasteiger partial charge in [-0.1, -0.05) is 20.8 Å². The van der Waals surface area contributed by atoms with Crippen molar-refractivity contribution >= 4 is 25.3 Å². The monoisotopic (exact) mass is 440 g/mol. The lowest BCUT2D eigenvalue weighted by Gasteiger charge is -2.36. The normalized spacial score (nSPS) is 12.5. The molecule has 0 fully saturated rings. The first-order valence-electron chi connectivity index (χ1n) is 9.87. The van der Waals surface area contributed by atoms with Crippen molar-refractivity contribution in [2.75, 3.05) is 5.73 Å². The molecular weight excluding hydrogens is 415 g/mol. The SMILES string of the molecule is CC(C)(C)[Si](C)(C)On1c(-c2cccnc2N)nc2ccc(-c3cnn(CF)n3)nc21. The van der Waals surface area contributed by atoms with Crippen molar-refractivity contribution in [3.8, 4) is 22.8 Å². The molecule has 4 aromatic heterocycles. The summed E-state index contributed by atoms with van der Waals surface area (Å²) in [6.07, 6.45) is 3.11. The molecule has 11 heteroatoms. The van der Waals surface area contributed by atoms with Crippen LogP contribution < -0.4 is 10.3 Å². The molecule has 4 heterocycles. The van der Waals surface area contributed by atoms with Crippen molar-refractivity contribution in [1.82, 2.24) is 34.7 Å². The highest BCUT2D eigenvalue weighted by Gasteiger charge is 2.41. The van der Waals surface area contributed by atoms with Crippen LogP contribution in [0.4, 0.5) is 10.2 Å². The summed E-state index contributed by atoms with van der Waals surface area (Å²) >= 11 is 0. The number of anilines is 1. The van der Waals surface area contributed by atoms with E-state index in [0.29, 0.717) is 39.8 Å². The third kappa shape index (κ3) is 3.76. The highest BCUT2D eigenvalue weighted by atomic mass is 28.4. The van der Waals surface area contributed by atoms with Gasteiger partial charge < -0.3 is 10.3 Å². The molecule has 0 saturated heterocycles.